The fourth-order valence-corrected chi connectivity index (χ4v) is 4.96. The second-order valence-corrected chi connectivity index (χ2v) is 10.3. The lowest BCUT2D eigenvalue weighted by Crippen LogP contribution is -2.39. The predicted octanol–water partition coefficient (Wildman–Crippen LogP) is 5.30. The van der Waals surface area contributed by atoms with Gasteiger partial charge in [0.25, 0.3) is 5.91 Å². The molecule has 0 aromatic heterocycles. The average molecular weight is 525 g/mol. The molecule has 3 rings (SSSR count). The fraction of sp³-hybridized carbons (Fsp3) is 0.130. The highest BCUT2D eigenvalue weighted by Crippen LogP contribution is 2.28. The van der Waals surface area contributed by atoms with Crippen molar-refractivity contribution in [3.63, 3.8) is 0 Å². The summed E-state index contributed by atoms with van der Waals surface area (Å²) in [6, 6.07) is 18.2. The van der Waals surface area contributed by atoms with E-state index in [0.29, 0.717) is 26.2 Å². The first kappa shape index (κ1) is 25.2. The van der Waals surface area contributed by atoms with E-state index >= 15 is 0 Å². The SMILES string of the molecule is Cc1ccc(S(=O)(=O)N(CC(=O)N/N=C\c2ccccc2Cl)Cc2c(Cl)cccc2Cl)cc1. The summed E-state index contributed by atoms with van der Waals surface area (Å²) in [6.45, 7) is 1.15. The third-order valence-electron chi connectivity index (χ3n) is 4.67. The molecule has 33 heavy (non-hydrogen) atoms. The number of hydrogen-bond acceptors (Lipinski definition) is 4. The third-order valence-corrected chi connectivity index (χ3v) is 7.53. The number of rotatable bonds is 8. The molecule has 0 heterocycles. The number of sulfonamides is 1. The lowest BCUT2D eigenvalue weighted by molar-refractivity contribution is -0.121. The van der Waals surface area contributed by atoms with Crippen molar-refractivity contribution in [3.8, 4) is 0 Å². The molecule has 0 bridgehead atoms. The van der Waals surface area contributed by atoms with Crippen LogP contribution in [-0.2, 0) is 21.4 Å². The first-order valence-corrected chi connectivity index (χ1v) is 12.3. The Morgan fingerprint density at radius 1 is 0.939 bits per heavy atom. The van der Waals surface area contributed by atoms with E-state index in [-0.39, 0.29) is 11.4 Å². The molecule has 0 aliphatic rings. The van der Waals surface area contributed by atoms with Crippen molar-refractivity contribution >= 4 is 56.9 Å². The van der Waals surface area contributed by atoms with Gasteiger partial charge in [-0.1, -0.05) is 76.8 Å². The van der Waals surface area contributed by atoms with E-state index in [1.807, 2.05) is 6.92 Å². The summed E-state index contributed by atoms with van der Waals surface area (Å²) in [6.07, 6.45) is 1.38. The van der Waals surface area contributed by atoms with Crippen LogP contribution in [0, 0.1) is 6.92 Å². The Kier molecular flexibility index (Phi) is 8.51. The van der Waals surface area contributed by atoms with E-state index in [4.69, 9.17) is 34.8 Å². The largest absolute Gasteiger partial charge is 0.272 e. The zero-order chi connectivity index (χ0) is 24.0. The van der Waals surface area contributed by atoms with Gasteiger partial charge in [-0.3, -0.25) is 4.79 Å². The highest BCUT2D eigenvalue weighted by atomic mass is 35.5. The summed E-state index contributed by atoms with van der Waals surface area (Å²) in [5, 5.41) is 4.94. The molecule has 0 saturated heterocycles. The second kappa shape index (κ2) is 11.1. The molecule has 6 nitrogen and oxygen atoms in total. The Labute approximate surface area is 207 Å². The van der Waals surface area contributed by atoms with Gasteiger partial charge in [-0.15, -0.1) is 0 Å². The van der Waals surface area contributed by atoms with Crippen LogP contribution in [0.3, 0.4) is 0 Å². The van der Waals surface area contributed by atoms with Crippen molar-refractivity contribution in [1.29, 1.82) is 0 Å². The number of amides is 1. The van der Waals surface area contributed by atoms with E-state index in [1.165, 1.54) is 18.3 Å². The summed E-state index contributed by atoms with van der Waals surface area (Å²) in [4.78, 5) is 12.6. The van der Waals surface area contributed by atoms with Crippen molar-refractivity contribution in [1.82, 2.24) is 9.73 Å². The van der Waals surface area contributed by atoms with E-state index in [9.17, 15) is 13.2 Å². The van der Waals surface area contributed by atoms with Crippen LogP contribution in [0.25, 0.3) is 0 Å². The number of nitrogens with one attached hydrogen (secondary N) is 1. The maximum atomic E-state index is 13.3. The molecule has 0 aliphatic carbocycles. The van der Waals surface area contributed by atoms with Gasteiger partial charge in [0, 0.05) is 32.7 Å². The summed E-state index contributed by atoms with van der Waals surface area (Å²) in [5.74, 6) is -0.642. The third kappa shape index (κ3) is 6.56. The number of carbonyl (C=O) groups is 1. The number of hydrazone groups is 1. The molecular weight excluding hydrogens is 505 g/mol. The molecule has 0 spiro atoms. The van der Waals surface area contributed by atoms with Gasteiger partial charge in [0.1, 0.15) is 0 Å². The van der Waals surface area contributed by atoms with Crippen LogP contribution in [0.5, 0.6) is 0 Å². The summed E-state index contributed by atoms with van der Waals surface area (Å²) in [7, 11) is -4.05. The standard InChI is InChI=1S/C23H20Cl3N3O3S/c1-16-9-11-18(12-10-16)33(31,32)29(14-19-21(25)7-4-8-22(19)26)15-23(30)28-27-13-17-5-2-3-6-20(17)24/h2-13H,14-15H2,1H3,(H,28,30)/b27-13-. The number of benzene rings is 3. The summed E-state index contributed by atoms with van der Waals surface area (Å²) >= 11 is 18.6. The van der Waals surface area contributed by atoms with Crippen LogP contribution in [0.15, 0.2) is 76.7 Å². The second-order valence-electron chi connectivity index (χ2n) is 7.10. The zero-order valence-corrected chi connectivity index (χ0v) is 20.6. The van der Waals surface area contributed by atoms with Crippen LogP contribution in [0.4, 0.5) is 0 Å². The number of nitrogens with zero attached hydrogens (tertiary/aromatic N) is 2. The van der Waals surface area contributed by atoms with Crippen molar-refractivity contribution in [3.05, 3.63) is 98.5 Å². The van der Waals surface area contributed by atoms with Gasteiger partial charge in [0.2, 0.25) is 10.0 Å². The van der Waals surface area contributed by atoms with Crippen LogP contribution in [-0.4, -0.2) is 31.4 Å². The molecule has 0 radical (unpaired) electrons. The van der Waals surface area contributed by atoms with Crippen LogP contribution in [0.1, 0.15) is 16.7 Å². The zero-order valence-electron chi connectivity index (χ0n) is 17.5. The average Bonchev–Trinajstić information content (AvgIpc) is 2.77. The lowest BCUT2D eigenvalue weighted by atomic mass is 10.2. The maximum absolute atomic E-state index is 13.3. The van der Waals surface area contributed by atoms with Gasteiger partial charge in [-0.2, -0.15) is 9.41 Å². The Hall–Kier alpha value is -2.42. The normalized spacial score (nSPS) is 11.8. The maximum Gasteiger partial charge on any atom is 0.255 e. The summed E-state index contributed by atoms with van der Waals surface area (Å²) < 4.78 is 27.7. The number of aryl methyl sites for hydroxylation is 1. The van der Waals surface area contributed by atoms with Crippen molar-refractivity contribution in [2.45, 2.75) is 18.4 Å². The highest BCUT2D eigenvalue weighted by molar-refractivity contribution is 7.89. The van der Waals surface area contributed by atoms with E-state index in [2.05, 4.69) is 10.5 Å². The monoisotopic (exact) mass is 523 g/mol. The molecule has 0 saturated carbocycles. The molecule has 1 amide bonds. The number of hydrogen-bond donors (Lipinski definition) is 1. The Balaban J connectivity index is 1.85. The first-order valence-electron chi connectivity index (χ1n) is 9.74. The fourth-order valence-electron chi connectivity index (χ4n) is 2.89. The molecule has 0 aliphatic heterocycles. The van der Waals surface area contributed by atoms with E-state index in [1.54, 1.807) is 54.6 Å². The van der Waals surface area contributed by atoms with Crippen LogP contribution < -0.4 is 5.43 Å². The van der Waals surface area contributed by atoms with Crippen molar-refractivity contribution < 1.29 is 13.2 Å². The van der Waals surface area contributed by atoms with Gasteiger partial charge in [-0.25, -0.2) is 13.8 Å². The molecule has 0 unspecified atom stereocenters. The van der Waals surface area contributed by atoms with Gasteiger partial charge >= 0.3 is 0 Å². The lowest BCUT2D eigenvalue weighted by Gasteiger charge is -2.22. The molecule has 3 aromatic rings. The minimum Gasteiger partial charge on any atom is -0.272 e. The van der Waals surface area contributed by atoms with Gasteiger partial charge in [0.05, 0.1) is 17.7 Å². The quantitative estimate of drug-likeness (QED) is 0.321. The van der Waals surface area contributed by atoms with E-state index in [0.717, 1.165) is 9.87 Å². The van der Waals surface area contributed by atoms with Gasteiger partial charge in [-0.05, 0) is 37.3 Å². The molecule has 0 fully saturated rings. The van der Waals surface area contributed by atoms with Crippen molar-refractivity contribution in [2.24, 2.45) is 5.10 Å². The Morgan fingerprint density at radius 3 is 2.18 bits per heavy atom. The van der Waals surface area contributed by atoms with Gasteiger partial charge in [0.15, 0.2) is 0 Å². The molecule has 172 valence electrons. The van der Waals surface area contributed by atoms with Gasteiger partial charge < -0.3 is 0 Å². The van der Waals surface area contributed by atoms with Crippen LogP contribution >= 0.6 is 34.8 Å². The number of carbonyl (C=O) groups excluding carboxylic acids is 1. The Bertz CT molecular complexity index is 1260. The minimum atomic E-state index is -4.05. The number of halogens is 3. The van der Waals surface area contributed by atoms with E-state index < -0.39 is 22.5 Å². The topological polar surface area (TPSA) is 78.8 Å². The first-order chi connectivity index (χ1) is 15.7. The van der Waals surface area contributed by atoms with Crippen LogP contribution in [0.2, 0.25) is 15.1 Å². The summed E-state index contributed by atoms with van der Waals surface area (Å²) in [5.41, 5.74) is 4.24. The molecule has 1 N–H and O–H groups in total. The van der Waals surface area contributed by atoms with Crippen molar-refractivity contribution in [2.75, 3.05) is 6.54 Å². The molecular formula is C23H20Cl3N3O3S. The molecule has 0 atom stereocenters. The minimum absolute atomic E-state index is 0.0450. The molecule has 10 heteroatoms. The molecule has 3 aromatic carbocycles. The highest BCUT2D eigenvalue weighted by Gasteiger charge is 2.28. The Morgan fingerprint density at radius 2 is 1.55 bits per heavy atom. The predicted molar refractivity (Wildman–Crippen MR) is 132 cm³/mol. The smallest absolute Gasteiger partial charge is 0.255 e.